The van der Waals surface area contributed by atoms with Crippen LogP contribution in [0.1, 0.15) is 17.5 Å². The number of phenolic OH excluding ortho intramolecular Hbond substituents is 1. The normalized spacial score (nSPS) is 37.7. The number of phenols is 1. The minimum atomic E-state index is -0.718. The van der Waals surface area contributed by atoms with Gasteiger partial charge in [-0.25, -0.2) is 4.79 Å². The molecular formula is C18H19NO5. The van der Waals surface area contributed by atoms with E-state index >= 15 is 0 Å². The fourth-order valence-corrected chi connectivity index (χ4v) is 5.40. The lowest BCUT2D eigenvalue weighted by atomic mass is 9.53. The van der Waals surface area contributed by atoms with Crippen LogP contribution in [0.3, 0.4) is 0 Å². The topological polar surface area (TPSA) is 79.2 Å². The van der Waals surface area contributed by atoms with E-state index in [1.807, 2.05) is 12.1 Å². The highest BCUT2D eigenvalue weighted by atomic mass is 16.5. The molecule has 6 heteroatoms. The van der Waals surface area contributed by atoms with Crippen molar-refractivity contribution in [3.05, 3.63) is 35.4 Å². The van der Waals surface area contributed by atoms with Gasteiger partial charge in [0.1, 0.15) is 12.2 Å². The Kier molecular flexibility index (Phi) is 2.62. The van der Waals surface area contributed by atoms with Crippen molar-refractivity contribution in [2.75, 3.05) is 13.7 Å². The maximum Gasteiger partial charge on any atom is 0.409 e. The molecule has 1 spiro atoms. The van der Waals surface area contributed by atoms with E-state index in [0.717, 1.165) is 11.1 Å². The fourth-order valence-electron chi connectivity index (χ4n) is 5.40. The second-order valence-corrected chi connectivity index (χ2v) is 7.11. The molecule has 0 aromatic heterocycles. The number of aliphatic hydroxyl groups excluding tert-OH is 1. The zero-order valence-electron chi connectivity index (χ0n) is 13.3. The van der Waals surface area contributed by atoms with Gasteiger partial charge in [-0.05, 0) is 24.5 Å². The van der Waals surface area contributed by atoms with Gasteiger partial charge in [-0.1, -0.05) is 18.2 Å². The van der Waals surface area contributed by atoms with E-state index in [4.69, 9.17) is 9.47 Å². The van der Waals surface area contributed by atoms with Crippen LogP contribution >= 0.6 is 0 Å². The molecule has 0 radical (unpaired) electrons. The Morgan fingerprint density at radius 2 is 2.25 bits per heavy atom. The fraction of sp³-hybridized carbons (Fsp3) is 0.500. The van der Waals surface area contributed by atoms with E-state index in [0.29, 0.717) is 25.1 Å². The van der Waals surface area contributed by atoms with Crippen molar-refractivity contribution in [1.82, 2.24) is 4.90 Å². The van der Waals surface area contributed by atoms with Crippen LogP contribution in [0.15, 0.2) is 24.3 Å². The van der Waals surface area contributed by atoms with Crippen molar-refractivity contribution in [2.45, 2.75) is 36.5 Å². The third kappa shape index (κ3) is 1.43. The van der Waals surface area contributed by atoms with Crippen LogP contribution in [-0.2, 0) is 16.6 Å². The van der Waals surface area contributed by atoms with E-state index in [9.17, 15) is 15.0 Å². The van der Waals surface area contributed by atoms with Crippen molar-refractivity contribution in [3.8, 4) is 11.5 Å². The lowest BCUT2D eigenvalue weighted by Gasteiger charge is -2.56. The Balaban J connectivity index is 1.75. The minimum Gasteiger partial charge on any atom is -0.504 e. The average molecular weight is 329 g/mol. The molecule has 5 rings (SSSR count). The number of hydrogen-bond donors (Lipinski definition) is 2. The largest absolute Gasteiger partial charge is 0.504 e. The Morgan fingerprint density at radius 1 is 1.42 bits per heavy atom. The Hall–Kier alpha value is -2.21. The molecule has 2 aliphatic heterocycles. The van der Waals surface area contributed by atoms with Crippen LogP contribution in [0.5, 0.6) is 11.5 Å². The van der Waals surface area contributed by atoms with Crippen LogP contribution in [0, 0.1) is 5.92 Å². The molecule has 2 bridgehead atoms. The number of aliphatic hydroxyl groups is 1. The molecule has 1 aromatic rings. The van der Waals surface area contributed by atoms with Crippen molar-refractivity contribution >= 4 is 6.09 Å². The van der Waals surface area contributed by atoms with Crippen molar-refractivity contribution in [2.24, 2.45) is 5.92 Å². The molecule has 24 heavy (non-hydrogen) atoms. The molecule has 2 N–H and O–H groups in total. The van der Waals surface area contributed by atoms with Crippen LogP contribution in [-0.4, -0.2) is 53.1 Å². The quantitative estimate of drug-likeness (QED) is 0.702. The molecule has 2 heterocycles. The molecule has 126 valence electrons. The minimum absolute atomic E-state index is 0.0240. The van der Waals surface area contributed by atoms with Crippen LogP contribution in [0.25, 0.3) is 0 Å². The molecule has 1 saturated heterocycles. The van der Waals surface area contributed by atoms with E-state index in [1.54, 1.807) is 17.0 Å². The third-order valence-corrected chi connectivity index (χ3v) is 6.28. The summed E-state index contributed by atoms with van der Waals surface area (Å²) in [6, 6.07) is 3.53. The van der Waals surface area contributed by atoms with Gasteiger partial charge in [0, 0.05) is 29.5 Å². The summed E-state index contributed by atoms with van der Waals surface area (Å²) in [6.45, 7) is 0.558. The van der Waals surface area contributed by atoms with E-state index in [-0.39, 0.29) is 29.2 Å². The van der Waals surface area contributed by atoms with Gasteiger partial charge < -0.3 is 24.6 Å². The van der Waals surface area contributed by atoms with E-state index in [1.165, 1.54) is 7.11 Å². The number of ether oxygens (including phenoxy) is 2. The zero-order valence-corrected chi connectivity index (χ0v) is 13.3. The maximum absolute atomic E-state index is 12.2. The molecule has 0 saturated carbocycles. The second kappa shape index (κ2) is 4.45. The Labute approximate surface area is 139 Å². The summed E-state index contributed by atoms with van der Waals surface area (Å²) in [4.78, 5) is 14.0. The number of carbonyl (C=O) groups excluding carboxylic acids is 1. The van der Waals surface area contributed by atoms with Crippen LogP contribution in [0.2, 0.25) is 0 Å². The highest BCUT2D eigenvalue weighted by Gasteiger charge is 2.65. The molecule has 2 aliphatic carbocycles. The zero-order chi connectivity index (χ0) is 16.6. The smallest absolute Gasteiger partial charge is 0.409 e. The van der Waals surface area contributed by atoms with Crippen molar-refractivity contribution in [1.29, 1.82) is 0 Å². The Bertz CT molecular complexity index is 775. The van der Waals surface area contributed by atoms with Gasteiger partial charge in [0.15, 0.2) is 11.5 Å². The first-order valence-electron chi connectivity index (χ1n) is 8.31. The van der Waals surface area contributed by atoms with Crippen LogP contribution < -0.4 is 4.74 Å². The first-order chi connectivity index (χ1) is 11.6. The molecular weight excluding hydrogens is 310 g/mol. The third-order valence-electron chi connectivity index (χ3n) is 6.28. The standard InChI is InChI=1S/C18H19NO5/c1-23-17(22)19-7-6-18-10-3-5-13(21)16(18)24-15-12(20)4-2-9(14(15)18)8-11(10)19/h2-5,10-11,13,16,20-21H,6-8H2,1H3/t10-,11+,13-,16-,18-/m0/s1. The molecule has 4 aliphatic rings. The van der Waals surface area contributed by atoms with E-state index < -0.39 is 12.2 Å². The van der Waals surface area contributed by atoms with Gasteiger partial charge in [0.25, 0.3) is 0 Å². The molecule has 6 nitrogen and oxygen atoms in total. The monoisotopic (exact) mass is 329 g/mol. The number of rotatable bonds is 0. The highest BCUT2D eigenvalue weighted by Crippen LogP contribution is 2.62. The number of benzene rings is 1. The van der Waals surface area contributed by atoms with Crippen LogP contribution in [0.4, 0.5) is 4.79 Å². The molecule has 5 atom stereocenters. The first kappa shape index (κ1) is 14.2. The number of nitrogens with zero attached hydrogens (tertiary/aromatic N) is 1. The Morgan fingerprint density at radius 3 is 3.04 bits per heavy atom. The molecule has 1 aromatic carbocycles. The number of likely N-dealkylation sites (tertiary alicyclic amines) is 1. The van der Waals surface area contributed by atoms with Gasteiger partial charge in [0.05, 0.1) is 7.11 Å². The number of carbonyl (C=O) groups is 1. The second-order valence-electron chi connectivity index (χ2n) is 7.11. The number of hydrogen-bond acceptors (Lipinski definition) is 5. The number of aromatic hydroxyl groups is 1. The van der Waals surface area contributed by atoms with Crippen molar-refractivity contribution < 1.29 is 24.5 Å². The lowest BCUT2D eigenvalue weighted by Crippen LogP contribution is -2.66. The predicted octanol–water partition coefficient (Wildman–Crippen LogP) is 1.33. The average Bonchev–Trinajstić information content (AvgIpc) is 2.93. The SMILES string of the molecule is COC(=O)N1CC[C@]23c4c5ccc(O)c4O[C@H]2[C@@H](O)C=C[C@H]3[C@H]1C5. The number of amides is 1. The van der Waals surface area contributed by atoms with Gasteiger partial charge in [-0.15, -0.1) is 0 Å². The van der Waals surface area contributed by atoms with Gasteiger partial charge in [-0.2, -0.15) is 0 Å². The lowest BCUT2D eigenvalue weighted by molar-refractivity contribution is -0.0472. The van der Waals surface area contributed by atoms with Gasteiger partial charge >= 0.3 is 6.09 Å². The number of methoxy groups -OCH3 is 1. The first-order valence-corrected chi connectivity index (χ1v) is 8.31. The van der Waals surface area contributed by atoms with E-state index in [2.05, 4.69) is 0 Å². The summed E-state index contributed by atoms with van der Waals surface area (Å²) in [5, 5.41) is 20.8. The molecule has 0 unspecified atom stereocenters. The summed E-state index contributed by atoms with van der Waals surface area (Å²) < 4.78 is 11.0. The summed E-state index contributed by atoms with van der Waals surface area (Å²) in [7, 11) is 1.40. The summed E-state index contributed by atoms with van der Waals surface area (Å²) in [5.74, 6) is 0.682. The molecule has 1 amide bonds. The number of piperidine rings is 1. The molecule has 1 fully saturated rings. The van der Waals surface area contributed by atoms with Gasteiger partial charge in [-0.3, -0.25) is 0 Å². The summed E-state index contributed by atoms with van der Waals surface area (Å²) in [5.41, 5.74) is 1.73. The summed E-state index contributed by atoms with van der Waals surface area (Å²) in [6.07, 6.45) is 3.70. The highest BCUT2D eigenvalue weighted by molar-refractivity contribution is 5.70. The summed E-state index contributed by atoms with van der Waals surface area (Å²) >= 11 is 0. The maximum atomic E-state index is 12.2. The van der Waals surface area contributed by atoms with Crippen molar-refractivity contribution in [3.63, 3.8) is 0 Å². The van der Waals surface area contributed by atoms with Gasteiger partial charge in [0.2, 0.25) is 0 Å². The predicted molar refractivity (Wildman–Crippen MR) is 84.1 cm³/mol.